The third kappa shape index (κ3) is 3.87. The van der Waals surface area contributed by atoms with Crippen molar-refractivity contribution < 1.29 is 4.79 Å². The Morgan fingerprint density at radius 1 is 1.00 bits per heavy atom. The summed E-state index contributed by atoms with van der Waals surface area (Å²) >= 11 is 0. The standard InChI is InChI=1S/C25H29N5O2/c1-19-21(8-5-14-26-19)23(31)28-15-11-25(12-16-28)10-9-22-27-30(24(32)29(22)17-13-25)18-20-6-3-2-4-7-20/h2-8,14H,9-13,15-18H2,1H3. The average Bonchev–Trinajstić information content (AvgIpc) is 3.00. The van der Waals surface area contributed by atoms with Crippen LogP contribution >= 0.6 is 0 Å². The summed E-state index contributed by atoms with van der Waals surface area (Å²) < 4.78 is 3.47. The first-order valence-corrected chi connectivity index (χ1v) is 11.5. The molecule has 0 aliphatic carbocycles. The van der Waals surface area contributed by atoms with Crippen LogP contribution < -0.4 is 5.69 Å². The van der Waals surface area contributed by atoms with Crippen molar-refractivity contribution in [2.75, 3.05) is 13.1 Å². The second-order valence-corrected chi connectivity index (χ2v) is 9.17. The number of likely N-dealkylation sites (tertiary alicyclic amines) is 1. The molecule has 0 bridgehead atoms. The molecule has 5 rings (SSSR count). The van der Waals surface area contributed by atoms with Crippen LogP contribution in [0.1, 0.15) is 53.1 Å². The molecule has 0 atom stereocenters. The van der Waals surface area contributed by atoms with Gasteiger partial charge in [-0.3, -0.25) is 14.3 Å². The van der Waals surface area contributed by atoms with Gasteiger partial charge in [0, 0.05) is 37.9 Å². The van der Waals surface area contributed by atoms with Gasteiger partial charge in [-0.25, -0.2) is 9.48 Å². The van der Waals surface area contributed by atoms with Crippen molar-refractivity contribution >= 4 is 5.91 Å². The second-order valence-electron chi connectivity index (χ2n) is 9.17. The van der Waals surface area contributed by atoms with Crippen LogP contribution in [0.25, 0.3) is 0 Å². The van der Waals surface area contributed by atoms with Crippen molar-refractivity contribution in [3.63, 3.8) is 0 Å². The zero-order chi connectivity index (χ0) is 22.1. The van der Waals surface area contributed by atoms with Crippen LogP contribution in [0, 0.1) is 12.3 Å². The van der Waals surface area contributed by atoms with E-state index in [0.717, 1.165) is 62.3 Å². The molecule has 4 heterocycles. The van der Waals surface area contributed by atoms with Crippen LogP contribution in [-0.4, -0.2) is 43.2 Å². The minimum absolute atomic E-state index is 0.0134. The van der Waals surface area contributed by atoms with E-state index in [1.165, 1.54) is 0 Å². The summed E-state index contributed by atoms with van der Waals surface area (Å²) in [5, 5.41) is 4.67. The lowest BCUT2D eigenvalue weighted by atomic mass is 9.72. The first kappa shape index (κ1) is 20.7. The third-order valence-electron chi connectivity index (χ3n) is 7.27. The molecule has 1 amide bonds. The number of nitrogens with zero attached hydrogens (tertiary/aromatic N) is 5. The van der Waals surface area contributed by atoms with Crippen LogP contribution in [0.5, 0.6) is 0 Å². The summed E-state index contributed by atoms with van der Waals surface area (Å²) in [6.45, 7) is 4.62. The van der Waals surface area contributed by atoms with Gasteiger partial charge in [-0.15, -0.1) is 0 Å². The minimum atomic E-state index is -0.0134. The van der Waals surface area contributed by atoms with Crippen molar-refractivity contribution in [2.24, 2.45) is 5.41 Å². The molecule has 32 heavy (non-hydrogen) atoms. The SMILES string of the molecule is Cc1ncccc1C(=O)N1CCC2(CCc3nn(Cc4ccccc4)c(=O)n3CC2)CC1. The lowest BCUT2D eigenvalue weighted by molar-refractivity contribution is 0.0534. The number of aryl methyl sites for hydroxylation is 2. The van der Waals surface area contributed by atoms with E-state index in [-0.39, 0.29) is 17.0 Å². The van der Waals surface area contributed by atoms with Crippen LogP contribution in [0.3, 0.4) is 0 Å². The lowest BCUT2D eigenvalue weighted by Crippen LogP contribution is -2.43. The maximum Gasteiger partial charge on any atom is 0.346 e. The van der Waals surface area contributed by atoms with Crippen LogP contribution in [0.4, 0.5) is 0 Å². The van der Waals surface area contributed by atoms with Crippen molar-refractivity contribution in [2.45, 2.75) is 52.1 Å². The number of rotatable bonds is 3. The van der Waals surface area contributed by atoms with Gasteiger partial charge in [-0.2, -0.15) is 5.10 Å². The Kier molecular flexibility index (Phi) is 5.41. The van der Waals surface area contributed by atoms with E-state index in [4.69, 9.17) is 0 Å². The molecular weight excluding hydrogens is 402 g/mol. The number of hydrogen-bond acceptors (Lipinski definition) is 4. The van der Waals surface area contributed by atoms with Gasteiger partial charge in [0.1, 0.15) is 5.82 Å². The number of carbonyl (C=O) groups excluding carboxylic acids is 1. The highest BCUT2D eigenvalue weighted by molar-refractivity contribution is 5.95. The molecule has 0 N–H and O–H groups in total. The van der Waals surface area contributed by atoms with E-state index >= 15 is 0 Å². The molecule has 3 aromatic rings. The van der Waals surface area contributed by atoms with E-state index in [0.29, 0.717) is 18.7 Å². The van der Waals surface area contributed by atoms with Crippen LogP contribution in [0.15, 0.2) is 53.5 Å². The second kappa shape index (κ2) is 8.37. The summed E-state index contributed by atoms with van der Waals surface area (Å²) in [4.78, 5) is 32.2. The molecule has 166 valence electrons. The summed E-state index contributed by atoms with van der Waals surface area (Å²) in [5.41, 5.74) is 2.73. The fraction of sp³-hybridized carbons (Fsp3) is 0.440. The smallest absolute Gasteiger partial charge is 0.339 e. The summed E-state index contributed by atoms with van der Waals surface area (Å²) in [6.07, 6.45) is 6.46. The molecule has 2 aliphatic heterocycles. The molecule has 7 nitrogen and oxygen atoms in total. The number of fused-ring (bicyclic) bond motifs is 1. The Hall–Kier alpha value is -3.22. The number of hydrogen-bond donors (Lipinski definition) is 0. The molecule has 0 unspecified atom stereocenters. The molecule has 1 aromatic carbocycles. The van der Waals surface area contributed by atoms with E-state index in [9.17, 15) is 9.59 Å². The van der Waals surface area contributed by atoms with Gasteiger partial charge >= 0.3 is 5.69 Å². The molecule has 2 aliphatic rings. The first-order chi connectivity index (χ1) is 15.5. The number of carbonyl (C=O) groups is 1. The molecule has 0 saturated carbocycles. The Bertz CT molecular complexity index is 1170. The normalized spacial score (nSPS) is 17.7. The van der Waals surface area contributed by atoms with Crippen molar-refractivity contribution in [3.05, 3.63) is 81.8 Å². The molecule has 1 saturated heterocycles. The van der Waals surface area contributed by atoms with Crippen molar-refractivity contribution in [1.82, 2.24) is 24.2 Å². The fourth-order valence-electron chi connectivity index (χ4n) is 5.17. The van der Waals surface area contributed by atoms with Gasteiger partial charge in [-0.1, -0.05) is 30.3 Å². The van der Waals surface area contributed by atoms with Gasteiger partial charge in [-0.05, 0) is 55.7 Å². The summed E-state index contributed by atoms with van der Waals surface area (Å²) in [6, 6.07) is 13.7. The Morgan fingerprint density at radius 2 is 1.75 bits per heavy atom. The van der Waals surface area contributed by atoms with Gasteiger partial charge in [0.05, 0.1) is 12.1 Å². The van der Waals surface area contributed by atoms with Gasteiger partial charge in [0.25, 0.3) is 5.91 Å². The van der Waals surface area contributed by atoms with E-state index < -0.39 is 0 Å². The van der Waals surface area contributed by atoms with Crippen LogP contribution in [-0.2, 0) is 19.5 Å². The van der Waals surface area contributed by atoms with Gasteiger partial charge in [0.15, 0.2) is 0 Å². The number of amides is 1. The quantitative estimate of drug-likeness (QED) is 0.639. The van der Waals surface area contributed by atoms with E-state index in [1.807, 2.05) is 58.9 Å². The maximum absolute atomic E-state index is 13.0. The zero-order valence-corrected chi connectivity index (χ0v) is 18.5. The Morgan fingerprint density at radius 3 is 2.50 bits per heavy atom. The van der Waals surface area contributed by atoms with E-state index in [1.54, 1.807) is 10.9 Å². The number of aromatic nitrogens is 4. The van der Waals surface area contributed by atoms with Crippen molar-refractivity contribution in [1.29, 1.82) is 0 Å². The Balaban J connectivity index is 1.25. The molecular formula is C25H29N5O2. The first-order valence-electron chi connectivity index (χ1n) is 11.5. The van der Waals surface area contributed by atoms with Gasteiger partial charge < -0.3 is 4.90 Å². The largest absolute Gasteiger partial charge is 0.346 e. The molecule has 0 radical (unpaired) electrons. The zero-order valence-electron chi connectivity index (χ0n) is 18.5. The summed E-state index contributed by atoms with van der Waals surface area (Å²) in [5.74, 6) is 0.975. The predicted molar refractivity (Wildman–Crippen MR) is 122 cm³/mol. The number of benzene rings is 1. The molecule has 2 aromatic heterocycles. The highest BCUT2D eigenvalue weighted by Crippen LogP contribution is 2.41. The van der Waals surface area contributed by atoms with E-state index in [2.05, 4.69) is 10.1 Å². The number of pyridine rings is 1. The third-order valence-corrected chi connectivity index (χ3v) is 7.27. The topological polar surface area (TPSA) is 73.0 Å². The Labute approximate surface area is 187 Å². The average molecular weight is 432 g/mol. The van der Waals surface area contributed by atoms with Crippen molar-refractivity contribution in [3.8, 4) is 0 Å². The monoisotopic (exact) mass is 431 g/mol. The predicted octanol–water partition coefficient (Wildman–Crippen LogP) is 3.06. The minimum Gasteiger partial charge on any atom is -0.339 e. The highest BCUT2D eigenvalue weighted by Gasteiger charge is 2.38. The van der Waals surface area contributed by atoms with Gasteiger partial charge in [0.2, 0.25) is 0 Å². The van der Waals surface area contributed by atoms with Crippen LogP contribution in [0.2, 0.25) is 0 Å². The molecule has 1 spiro atoms. The molecule has 7 heteroatoms. The lowest BCUT2D eigenvalue weighted by Gasteiger charge is -2.41. The fourth-order valence-corrected chi connectivity index (χ4v) is 5.17. The highest BCUT2D eigenvalue weighted by atomic mass is 16.2. The summed E-state index contributed by atoms with van der Waals surface area (Å²) in [7, 11) is 0. The number of piperidine rings is 1. The maximum atomic E-state index is 13.0. The molecule has 1 fully saturated rings.